The summed E-state index contributed by atoms with van der Waals surface area (Å²) in [6, 6.07) is 6.54. The highest BCUT2D eigenvalue weighted by Gasteiger charge is 2.09. The average molecular weight is 333 g/mol. The van der Waals surface area contributed by atoms with Crippen molar-refractivity contribution in [3.8, 4) is 0 Å². The summed E-state index contributed by atoms with van der Waals surface area (Å²) in [5.74, 6) is -0.323. The van der Waals surface area contributed by atoms with E-state index in [0.29, 0.717) is 30.3 Å². The minimum Gasteiger partial charge on any atom is -0.381 e. The van der Waals surface area contributed by atoms with Crippen molar-refractivity contribution in [3.05, 3.63) is 45.0 Å². The molecular formula is C17H23N3O4. The number of fused-ring (bicyclic) bond motifs is 1. The molecule has 130 valence electrons. The zero-order chi connectivity index (χ0) is 17.4. The number of hydrogen-bond acceptors (Lipinski definition) is 4. The predicted octanol–water partition coefficient (Wildman–Crippen LogP) is 1.01. The summed E-state index contributed by atoms with van der Waals surface area (Å²) >= 11 is 0. The average Bonchev–Trinajstić information content (AvgIpc) is 2.59. The van der Waals surface area contributed by atoms with Gasteiger partial charge in [0, 0.05) is 19.8 Å². The third-order valence-electron chi connectivity index (χ3n) is 3.62. The van der Waals surface area contributed by atoms with Gasteiger partial charge < -0.3 is 10.1 Å². The minimum absolute atomic E-state index is 0.213. The van der Waals surface area contributed by atoms with E-state index in [4.69, 9.17) is 4.74 Å². The van der Waals surface area contributed by atoms with Gasteiger partial charge in [0.2, 0.25) is 5.91 Å². The molecular weight excluding hydrogens is 310 g/mol. The Bertz CT molecular complexity index is 794. The third kappa shape index (κ3) is 4.79. The van der Waals surface area contributed by atoms with E-state index in [0.717, 1.165) is 24.1 Å². The molecule has 0 saturated carbocycles. The van der Waals surface area contributed by atoms with Crippen LogP contribution in [-0.4, -0.2) is 35.4 Å². The summed E-state index contributed by atoms with van der Waals surface area (Å²) in [5.41, 5.74) is -0.773. The molecule has 1 aromatic carbocycles. The fourth-order valence-electron chi connectivity index (χ4n) is 2.31. The number of nitrogens with zero attached hydrogens (tertiary/aromatic N) is 1. The van der Waals surface area contributed by atoms with Crippen molar-refractivity contribution in [3.63, 3.8) is 0 Å². The Kier molecular flexibility index (Phi) is 6.74. The van der Waals surface area contributed by atoms with Gasteiger partial charge in [-0.05, 0) is 25.0 Å². The van der Waals surface area contributed by atoms with Crippen LogP contribution in [-0.2, 0) is 16.1 Å². The summed E-state index contributed by atoms with van der Waals surface area (Å²) in [6.45, 7) is 3.68. The van der Waals surface area contributed by atoms with Gasteiger partial charge in [0.1, 0.15) is 6.54 Å². The van der Waals surface area contributed by atoms with Crippen LogP contribution in [0.1, 0.15) is 26.2 Å². The Morgan fingerprint density at radius 3 is 2.62 bits per heavy atom. The quantitative estimate of drug-likeness (QED) is 0.670. The summed E-state index contributed by atoms with van der Waals surface area (Å²) in [7, 11) is 0. The van der Waals surface area contributed by atoms with Crippen molar-refractivity contribution >= 4 is 16.7 Å². The third-order valence-corrected chi connectivity index (χ3v) is 3.62. The molecule has 7 heteroatoms. The Labute approximate surface area is 139 Å². The fraction of sp³-hybridized carbons (Fsp3) is 0.471. The van der Waals surface area contributed by atoms with E-state index >= 15 is 0 Å². The zero-order valence-corrected chi connectivity index (χ0v) is 13.8. The van der Waals surface area contributed by atoms with E-state index in [1.807, 2.05) is 0 Å². The molecule has 0 aliphatic carbocycles. The van der Waals surface area contributed by atoms with Gasteiger partial charge in [-0.25, -0.2) is 4.68 Å². The monoisotopic (exact) mass is 333 g/mol. The van der Waals surface area contributed by atoms with E-state index < -0.39 is 0 Å². The summed E-state index contributed by atoms with van der Waals surface area (Å²) in [5, 5.41) is 5.78. The number of hydrogen-bond donors (Lipinski definition) is 2. The van der Waals surface area contributed by atoms with Crippen molar-refractivity contribution in [1.29, 1.82) is 0 Å². The van der Waals surface area contributed by atoms with E-state index in [-0.39, 0.29) is 23.6 Å². The summed E-state index contributed by atoms with van der Waals surface area (Å²) < 4.78 is 6.44. The first-order valence-corrected chi connectivity index (χ1v) is 8.19. The molecule has 0 fully saturated rings. The van der Waals surface area contributed by atoms with Gasteiger partial charge in [-0.1, -0.05) is 25.5 Å². The number of H-pyrrole nitrogens is 1. The number of rotatable bonds is 9. The molecule has 2 aromatic rings. The van der Waals surface area contributed by atoms with Crippen molar-refractivity contribution in [2.45, 2.75) is 32.7 Å². The topological polar surface area (TPSA) is 93.2 Å². The molecule has 7 nitrogen and oxygen atoms in total. The van der Waals surface area contributed by atoms with Gasteiger partial charge in [0.25, 0.3) is 11.1 Å². The molecule has 24 heavy (non-hydrogen) atoms. The van der Waals surface area contributed by atoms with Crippen LogP contribution in [0.5, 0.6) is 0 Å². The van der Waals surface area contributed by atoms with Crippen molar-refractivity contribution in [2.24, 2.45) is 0 Å². The summed E-state index contributed by atoms with van der Waals surface area (Å²) in [4.78, 5) is 36.2. The smallest absolute Gasteiger partial charge is 0.273 e. The maximum atomic E-state index is 12.3. The van der Waals surface area contributed by atoms with Gasteiger partial charge in [-0.15, -0.1) is 0 Å². The second-order valence-electron chi connectivity index (χ2n) is 5.55. The normalized spacial score (nSPS) is 10.9. The van der Waals surface area contributed by atoms with Crippen LogP contribution in [0.4, 0.5) is 0 Å². The number of amides is 1. The molecule has 1 amide bonds. The lowest BCUT2D eigenvalue weighted by Crippen LogP contribution is -2.37. The molecule has 0 saturated heterocycles. The van der Waals surface area contributed by atoms with Gasteiger partial charge in [-0.3, -0.25) is 19.5 Å². The molecule has 0 unspecified atom stereocenters. The first-order valence-electron chi connectivity index (χ1n) is 8.19. The van der Waals surface area contributed by atoms with E-state index in [9.17, 15) is 14.4 Å². The van der Waals surface area contributed by atoms with Crippen LogP contribution in [0.3, 0.4) is 0 Å². The number of aromatic nitrogens is 2. The standard InChI is InChI=1S/C17H23N3O4/c1-2-3-10-24-11-6-9-18-15(21)12-20-17(23)14-8-5-4-7-13(14)16(22)19-20/h4-5,7-8H,2-3,6,9-12H2,1H3,(H,18,21)(H,19,22). The molecule has 0 radical (unpaired) electrons. The van der Waals surface area contributed by atoms with E-state index in [1.54, 1.807) is 24.3 Å². The molecule has 0 spiro atoms. The second kappa shape index (κ2) is 9.02. The highest BCUT2D eigenvalue weighted by Crippen LogP contribution is 2.02. The molecule has 0 aliphatic rings. The van der Waals surface area contributed by atoms with Gasteiger partial charge in [0.05, 0.1) is 10.8 Å². The number of unbranched alkanes of at least 4 members (excludes halogenated alkanes) is 1. The first kappa shape index (κ1) is 17.9. The number of benzene rings is 1. The number of aromatic amines is 1. The lowest BCUT2D eigenvalue weighted by molar-refractivity contribution is -0.121. The van der Waals surface area contributed by atoms with Crippen LogP contribution < -0.4 is 16.4 Å². The molecule has 1 heterocycles. The maximum absolute atomic E-state index is 12.3. The van der Waals surface area contributed by atoms with Gasteiger partial charge in [-0.2, -0.15) is 0 Å². The van der Waals surface area contributed by atoms with E-state index in [2.05, 4.69) is 17.3 Å². The molecule has 2 N–H and O–H groups in total. The Hall–Kier alpha value is -2.41. The minimum atomic E-state index is -0.387. The zero-order valence-electron chi connectivity index (χ0n) is 13.8. The number of nitrogens with one attached hydrogen (secondary N) is 2. The molecule has 2 rings (SSSR count). The van der Waals surface area contributed by atoms with Crippen LogP contribution in [0, 0.1) is 0 Å². The largest absolute Gasteiger partial charge is 0.381 e. The van der Waals surface area contributed by atoms with E-state index in [1.165, 1.54) is 0 Å². The highest BCUT2D eigenvalue weighted by molar-refractivity contribution is 5.81. The summed E-state index contributed by atoms with van der Waals surface area (Å²) in [6.07, 6.45) is 2.83. The maximum Gasteiger partial charge on any atom is 0.273 e. The van der Waals surface area contributed by atoms with Crippen molar-refractivity contribution < 1.29 is 9.53 Å². The Morgan fingerprint density at radius 1 is 1.17 bits per heavy atom. The van der Waals surface area contributed by atoms with Crippen molar-refractivity contribution in [2.75, 3.05) is 19.8 Å². The lowest BCUT2D eigenvalue weighted by Gasteiger charge is -2.08. The predicted molar refractivity (Wildman–Crippen MR) is 92.2 cm³/mol. The second-order valence-corrected chi connectivity index (χ2v) is 5.55. The molecule has 1 aromatic heterocycles. The molecule has 0 atom stereocenters. The number of ether oxygens (including phenoxy) is 1. The van der Waals surface area contributed by atoms with Gasteiger partial charge in [0.15, 0.2) is 0 Å². The fourth-order valence-corrected chi connectivity index (χ4v) is 2.31. The first-order chi connectivity index (χ1) is 11.6. The Balaban J connectivity index is 1.88. The Morgan fingerprint density at radius 2 is 1.88 bits per heavy atom. The van der Waals surface area contributed by atoms with Crippen LogP contribution >= 0.6 is 0 Å². The lowest BCUT2D eigenvalue weighted by atomic mass is 10.2. The van der Waals surface area contributed by atoms with Crippen molar-refractivity contribution in [1.82, 2.24) is 15.1 Å². The van der Waals surface area contributed by atoms with Gasteiger partial charge >= 0.3 is 0 Å². The number of carbonyl (C=O) groups excluding carboxylic acids is 1. The number of carbonyl (C=O) groups is 1. The highest BCUT2D eigenvalue weighted by atomic mass is 16.5. The van der Waals surface area contributed by atoms with Crippen LogP contribution in [0.25, 0.3) is 10.8 Å². The molecule has 0 aliphatic heterocycles. The van der Waals surface area contributed by atoms with Crippen LogP contribution in [0.2, 0.25) is 0 Å². The SMILES string of the molecule is CCCCOCCCNC(=O)Cn1[nH]c(=O)c2ccccc2c1=O. The van der Waals surface area contributed by atoms with Crippen LogP contribution in [0.15, 0.2) is 33.9 Å². The molecule has 0 bridgehead atoms.